The molecule has 4 atom stereocenters. The molecule has 0 heterocycles. The number of hydrogen-bond acceptors (Lipinski definition) is 26. The van der Waals surface area contributed by atoms with Crippen LogP contribution >= 0.6 is 0 Å². The van der Waals surface area contributed by atoms with Gasteiger partial charge < -0.3 is 100 Å². The summed E-state index contributed by atoms with van der Waals surface area (Å²) in [5.74, 6) is -8.26. The molecular formula is C92H152N6O29. The summed E-state index contributed by atoms with van der Waals surface area (Å²) in [4.78, 5) is 179. The van der Waals surface area contributed by atoms with Gasteiger partial charge in [0.05, 0.1) is 114 Å². The Hall–Kier alpha value is -9.07. The third-order valence-electron chi connectivity index (χ3n) is 20.1. The van der Waals surface area contributed by atoms with Crippen LogP contribution in [0.1, 0.15) is 264 Å². The zero-order chi connectivity index (χ0) is 93.9. The molecule has 0 saturated carbocycles. The van der Waals surface area contributed by atoms with Gasteiger partial charge in [0.25, 0.3) is 0 Å². The third-order valence-corrected chi connectivity index (χ3v) is 20.1. The van der Waals surface area contributed by atoms with Crippen LogP contribution in [0.4, 0.5) is 0 Å². The molecule has 11 N–H and O–H groups in total. The van der Waals surface area contributed by atoms with E-state index in [9.17, 15) is 82.1 Å². The molecule has 2 rings (SSSR count). The first-order chi connectivity index (χ1) is 60.9. The highest BCUT2D eigenvalue weighted by Crippen LogP contribution is 2.23. The van der Waals surface area contributed by atoms with Crippen LogP contribution in [-0.2, 0) is 100 Å². The summed E-state index contributed by atoms with van der Waals surface area (Å²) in [7, 11) is 0. The van der Waals surface area contributed by atoms with Crippen LogP contribution in [0.5, 0.6) is 11.5 Å². The summed E-state index contributed by atoms with van der Waals surface area (Å²) in [5.41, 5.74) is 5.30. The first-order valence-corrected chi connectivity index (χ1v) is 45.2. The van der Waals surface area contributed by atoms with Crippen molar-refractivity contribution in [3.05, 3.63) is 59.7 Å². The fourth-order valence-corrected chi connectivity index (χ4v) is 12.3. The average molecular weight is 1810 g/mol. The maximum absolute atomic E-state index is 12.9. The number of Topliss-reactive ketones (excluding diaryl/α,β-unsaturated/α-hetero) is 6. The first kappa shape index (κ1) is 116. The van der Waals surface area contributed by atoms with Crippen LogP contribution < -0.4 is 41.8 Å². The largest absolute Gasteiger partial charge is 0.494 e. The van der Waals surface area contributed by atoms with E-state index >= 15 is 0 Å². The van der Waals surface area contributed by atoms with Gasteiger partial charge in [-0.05, 0) is 134 Å². The van der Waals surface area contributed by atoms with E-state index in [2.05, 4.69) is 33.5 Å². The number of aromatic carboxylic acids is 2. The minimum atomic E-state index is -1.20. The van der Waals surface area contributed by atoms with Gasteiger partial charge >= 0.3 is 23.9 Å². The maximum Gasteiger partial charge on any atom is 0.335 e. The van der Waals surface area contributed by atoms with Crippen molar-refractivity contribution in [2.45, 2.75) is 246 Å². The van der Waals surface area contributed by atoms with E-state index in [0.29, 0.717) is 116 Å². The van der Waals surface area contributed by atoms with Gasteiger partial charge in [0, 0.05) is 112 Å². The van der Waals surface area contributed by atoms with Crippen LogP contribution in [0.25, 0.3) is 0 Å². The van der Waals surface area contributed by atoms with Gasteiger partial charge in [-0.2, -0.15) is 0 Å². The number of amides is 5. The molecule has 35 nitrogen and oxygen atoms in total. The van der Waals surface area contributed by atoms with Crippen LogP contribution in [0.2, 0.25) is 0 Å². The fraction of sp³-hybridized carbons (Fsp3) is 0.707. The lowest BCUT2D eigenvalue weighted by atomic mass is 9.83. The minimum absolute atomic E-state index is 0. The summed E-state index contributed by atoms with van der Waals surface area (Å²) < 4.78 is 54.3. The number of carbonyl (C=O) groups is 15. The monoisotopic (exact) mass is 1810 g/mol. The molecule has 2 aromatic carbocycles. The number of nitrogens with two attached hydrogens (primary N) is 1. The number of ketones is 6. The van der Waals surface area contributed by atoms with Crippen molar-refractivity contribution >= 4 is 88.1 Å². The number of carboxylic acids is 4. The van der Waals surface area contributed by atoms with Crippen molar-refractivity contribution in [2.75, 3.05) is 152 Å². The second-order valence-electron chi connectivity index (χ2n) is 31.9. The van der Waals surface area contributed by atoms with Crippen molar-refractivity contribution in [3.8, 4) is 11.5 Å². The summed E-state index contributed by atoms with van der Waals surface area (Å²) >= 11 is 0. The van der Waals surface area contributed by atoms with Crippen molar-refractivity contribution < 1.29 is 143 Å². The number of unbranched alkanes of at least 4 members (excludes halogenated alkanes) is 15. The number of carboxylic acid groups (broad SMARTS) is 4. The van der Waals surface area contributed by atoms with Gasteiger partial charge in [0.2, 0.25) is 29.5 Å². The number of ether oxygens (including phenoxy) is 10. The Balaban J connectivity index is 0. The van der Waals surface area contributed by atoms with Crippen molar-refractivity contribution in [1.82, 2.24) is 26.6 Å². The second-order valence-corrected chi connectivity index (χ2v) is 31.9. The minimum Gasteiger partial charge on any atom is -0.494 e. The molecule has 0 aliphatic carbocycles. The smallest absolute Gasteiger partial charge is 0.335 e. The number of hydrogen-bond donors (Lipinski definition) is 10. The predicted molar refractivity (Wildman–Crippen MR) is 476 cm³/mol. The highest BCUT2D eigenvalue weighted by Gasteiger charge is 2.31. The molecule has 5 amide bonds. The lowest BCUT2D eigenvalue weighted by Crippen LogP contribution is -2.43. The Morgan fingerprint density at radius 3 is 1.09 bits per heavy atom. The van der Waals surface area contributed by atoms with Crippen LogP contribution in [0, 0.1) is 23.7 Å². The van der Waals surface area contributed by atoms with E-state index in [-0.39, 0.29) is 216 Å². The Morgan fingerprint density at radius 2 is 0.701 bits per heavy atom. The highest BCUT2D eigenvalue weighted by atomic mass is 16.5. The van der Waals surface area contributed by atoms with Crippen LogP contribution in [0.3, 0.4) is 0 Å². The standard InChI is InChI=1S/C51H82N4O16.C41H66N2O13.2H2/c1-37(38(2)56)32-44(58)40(34-45(59)51(3,4)52)14-11-12-22-53-47(61)21-18-41(50(65)66)33-42(57)35-69-30-28-68-27-24-55-48(62)36-70-31-29-67-26-23-54-46(60)15-10-8-6-5-7-9-13-25-71-43-19-16-39(17-20-43)49(63)64;1-2-3-10-21-42-39(47)20-17-34(41(50)51)30-36(45)32-55-28-26-52-23-12-13-35(44)31-54-29-27-53-25-22-43-38(46)14-9-7-5-4-6-8-11-24-56-37-18-15-33(16-19-37)40(48)49;;/h16-17,19-20,37,40-41H,5-15,18,21-36,52H2,1-4H3,(H,53,61)(H,54,60)(H,55,62)(H,63,64)(H,65,66);15-16,18-19,34H,2-14,17,20-32H2,1H3,(H,42,47)(H,43,46)(H,48,49)(H,50,51);2*1H/t37-,40-,41-;34-;;/m11../s1. The topological polar surface area (TPSA) is 515 Å². The number of carbonyl (C=O) groups excluding carboxylic acids is 11. The quantitative estimate of drug-likeness (QED) is 0.0275. The normalized spacial score (nSPS) is 12.1. The number of benzene rings is 2. The average Bonchev–Trinajstić information content (AvgIpc) is 0.863. The van der Waals surface area contributed by atoms with Gasteiger partial charge in [-0.15, -0.1) is 0 Å². The van der Waals surface area contributed by atoms with Gasteiger partial charge in [-0.25, -0.2) is 9.59 Å². The predicted octanol–water partition coefficient (Wildman–Crippen LogP) is 10.1. The van der Waals surface area contributed by atoms with E-state index in [1.54, 1.807) is 45.0 Å². The van der Waals surface area contributed by atoms with Crippen LogP contribution in [0.15, 0.2) is 48.5 Å². The first-order valence-electron chi connectivity index (χ1n) is 45.2. The Morgan fingerprint density at radius 1 is 0.346 bits per heavy atom. The van der Waals surface area contributed by atoms with Crippen molar-refractivity contribution in [1.29, 1.82) is 0 Å². The second kappa shape index (κ2) is 75.9. The summed E-state index contributed by atoms with van der Waals surface area (Å²) in [6.07, 6.45) is 19.8. The van der Waals surface area contributed by atoms with E-state index in [1.807, 2.05) is 0 Å². The van der Waals surface area contributed by atoms with Gasteiger partial charge in [0.1, 0.15) is 49.5 Å². The lowest BCUT2D eigenvalue weighted by Gasteiger charge is -2.22. The fourth-order valence-electron chi connectivity index (χ4n) is 12.3. The molecule has 127 heavy (non-hydrogen) atoms. The third kappa shape index (κ3) is 67.8. The van der Waals surface area contributed by atoms with E-state index < -0.39 is 58.9 Å². The molecule has 2 aromatic rings. The SMILES string of the molecule is CC(=O)[C@H](C)CC(=O)[C@H](CCCCNC(=O)CC[C@H](CC(=O)COCCOCCNC(=O)COCCOCCNC(=O)CCCCCCCCCOc1ccc(C(=O)O)cc1)C(=O)O)CC(=O)C(C)(C)N.CCCCCNC(=O)CC[C@H](CC(=O)COCCOCCCC(=O)COCCOCCNC(=O)CCCCCCCCCOc1ccc(C(=O)O)cc1)C(=O)O.[HH].[HH]. The molecule has 724 valence electrons. The Bertz CT molecular complexity index is 3460. The summed E-state index contributed by atoms with van der Waals surface area (Å²) in [6, 6.07) is 12.8. The summed E-state index contributed by atoms with van der Waals surface area (Å²) in [5, 5.41) is 50.7. The Kier molecular flexibility index (Phi) is 69.3. The Labute approximate surface area is 751 Å². The zero-order valence-electron chi connectivity index (χ0n) is 75.9. The van der Waals surface area contributed by atoms with E-state index in [4.69, 9.17) is 63.3 Å². The number of rotatable bonds is 85. The molecule has 0 aromatic heterocycles. The van der Waals surface area contributed by atoms with E-state index in [0.717, 1.165) is 109 Å². The molecule has 0 unspecified atom stereocenters. The molecule has 0 fully saturated rings. The molecule has 0 aliphatic rings. The molecule has 0 spiro atoms. The van der Waals surface area contributed by atoms with E-state index in [1.165, 1.54) is 31.2 Å². The molecule has 0 bridgehead atoms. The maximum atomic E-state index is 12.9. The molecule has 0 aliphatic heterocycles. The van der Waals surface area contributed by atoms with Gasteiger partial charge in [-0.1, -0.05) is 97.3 Å². The van der Waals surface area contributed by atoms with Gasteiger partial charge in [0.15, 0.2) is 23.1 Å². The molecule has 35 heteroatoms. The van der Waals surface area contributed by atoms with Crippen molar-refractivity contribution in [3.63, 3.8) is 0 Å². The number of aliphatic carboxylic acids is 2. The van der Waals surface area contributed by atoms with Gasteiger partial charge in [-0.3, -0.25) is 62.3 Å². The molecule has 0 radical (unpaired) electrons. The van der Waals surface area contributed by atoms with Crippen LogP contribution in [-0.4, -0.2) is 266 Å². The lowest BCUT2D eigenvalue weighted by molar-refractivity contribution is -0.145. The van der Waals surface area contributed by atoms with Crippen molar-refractivity contribution in [2.24, 2.45) is 29.4 Å². The molecular weight excluding hydrogens is 1650 g/mol. The zero-order valence-corrected chi connectivity index (χ0v) is 75.9. The summed E-state index contributed by atoms with van der Waals surface area (Å²) in [6.45, 7) is 13.5. The molecule has 0 saturated heterocycles. The highest BCUT2D eigenvalue weighted by molar-refractivity contribution is 5.94. The number of nitrogens with one attached hydrogen (secondary N) is 5.